The van der Waals surface area contributed by atoms with Crippen LogP contribution in [-0.2, 0) is 6.42 Å². The number of methoxy groups -OCH3 is 1. The first-order valence-electron chi connectivity index (χ1n) is 7.46. The normalized spacial score (nSPS) is 17.7. The second kappa shape index (κ2) is 6.52. The molecule has 3 rings (SSSR count). The number of fused-ring (bicyclic) bond motifs is 1. The third-order valence-corrected chi connectivity index (χ3v) is 4.77. The molecule has 1 unspecified atom stereocenters. The van der Waals surface area contributed by atoms with Gasteiger partial charge in [0.2, 0.25) is 0 Å². The van der Waals surface area contributed by atoms with Crippen LogP contribution in [0.3, 0.4) is 0 Å². The van der Waals surface area contributed by atoms with Gasteiger partial charge < -0.3 is 10.1 Å². The minimum atomic E-state index is 0.384. The summed E-state index contributed by atoms with van der Waals surface area (Å²) in [5.74, 6) is 0.863. The lowest BCUT2D eigenvalue weighted by molar-refractivity contribution is 0.412. The van der Waals surface area contributed by atoms with E-state index in [0.717, 1.165) is 15.9 Å². The smallest absolute Gasteiger partial charge is 0.135 e. The minimum Gasteiger partial charge on any atom is -0.495 e. The van der Waals surface area contributed by atoms with Crippen LogP contribution in [0, 0.1) is 0 Å². The van der Waals surface area contributed by atoms with Crippen molar-refractivity contribution < 1.29 is 4.74 Å². The summed E-state index contributed by atoms with van der Waals surface area (Å²) < 4.78 is 6.37. The van der Waals surface area contributed by atoms with E-state index >= 15 is 0 Å². The van der Waals surface area contributed by atoms with Crippen molar-refractivity contribution in [1.82, 2.24) is 0 Å². The Bertz CT molecular complexity index is 626. The molecule has 0 saturated carbocycles. The Morgan fingerprint density at radius 3 is 2.86 bits per heavy atom. The zero-order valence-electron chi connectivity index (χ0n) is 12.2. The van der Waals surface area contributed by atoms with Crippen molar-refractivity contribution in [3.8, 4) is 5.75 Å². The van der Waals surface area contributed by atoms with Gasteiger partial charge in [-0.25, -0.2) is 0 Å². The van der Waals surface area contributed by atoms with Crippen molar-refractivity contribution in [3.05, 3.63) is 58.1 Å². The second-order valence-electron chi connectivity index (χ2n) is 5.49. The zero-order chi connectivity index (χ0) is 14.7. The number of halogens is 1. The van der Waals surface area contributed by atoms with Crippen LogP contribution in [0.1, 0.15) is 36.4 Å². The maximum Gasteiger partial charge on any atom is 0.135 e. The van der Waals surface area contributed by atoms with Crippen molar-refractivity contribution in [2.75, 3.05) is 12.4 Å². The molecule has 3 heteroatoms. The van der Waals surface area contributed by atoms with Crippen molar-refractivity contribution in [2.24, 2.45) is 0 Å². The summed E-state index contributed by atoms with van der Waals surface area (Å²) in [4.78, 5) is 0. The van der Waals surface area contributed by atoms with Gasteiger partial charge in [0.25, 0.3) is 0 Å². The lowest BCUT2D eigenvalue weighted by atomic mass is 9.99. The van der Waals surface area contributed by atoms with Crippen LogP contribution in [0.4, 0.5) is 5.69 Å². The summed E-state index contributed by atoms with van der Waals surface area (Å²) in [5, 5.41) is 3.68. The number of anilines is 1. The molecule has 0 heterocycles. The molecule has 110 valence electrons. The molecule has 0 radical (unpaired) electrons. The first-order chi connectivity index (χ1) is 10.3. The number of ether oxygens (including phenoxy) is 1. The molecule has 0 aromatic heterocycles. The molecule has 0 saturated heterocycles. The highest BCUT2D eigenvalue weighted by Gasteiger charge is 2.18. The van der Waals surface area contributed by atoms with Gasteiger partial charge in [-0.3, -0.25) is 0 Å². The van der Waals surface area contributed by atoms with E-state index in [1.54, 1.807) is 7.11 Å². The molecule has 2 aromatic carbocycles. The van der Waals surface area contributed by atoms with Gasteiger partial charge in [0.05, 0.1) is 17.6 Å². The third-order valence-electron chi connectivity index (χ3n) is 4.11. The lowest BCUT2D eigenvalue weighted by Crippen LogP contribution is -2.11. The summed E-state index contributed by atoms with van der Waals surface area (Å²) >= 11 is 3.50. The van der Waals surface area contributed by atoms with Gasteiger partial charge in [0, 0.05) is 11.8 Å². The molecule has 0 fully saturated rings. The Morgan fingerprint density at radius 1 is 1.14 bits per heavy atom. The van der Waals surface area contributed by atoms with Crippen LogP contribution in [0.2, 0.25) is 0 Å². The average Bonchev–Trinajstić information content (AvgIpc) is 2.72. The van der Waals surface area contributed by atoms with Crippen LogP contribution >= 0.6 is 15.9 Å². The second-order valence-corrected chi connectivity index (χ2v) is 6.35. The van der Waals surface area contributed by atoms with Gasteiger partial charge in [-0.2, -0.15) is 0 Å². The van der Waals surface area contributed by atoms with Crippen molar-refractivity contribution in [3.63, 3.8) is 0 Å². The Morgan fingerprint density at radius 2 is 2.00 bits per heavy atom. The van der Waals surface area contributed by atoms with E-state index in [4.69, 9.17) is 4.74 Å². The number of hydrogen-bond acceptors (Lipinski definition) is 2. The summed E-state index contributed by atoms with van der Waals surface area (Å²) in [6, 6.07) is 15.4. The van der Waals surface area contributed by atoms with Gasteiger partial charge in [-0.05, 0) is 58.5 Å². The number of hydrogen-bond donors (Lipinski definition) is 1. The molecule has 1 aliphatic carbocycles. The molecule has 1 atom stereocenters. The van der Waals surface area contributed by atoms with E-state index < -0.39 is 0 Å². The molecule has 2 nitrogen and oxygen atoms in total. The highest BCUT2D eigenvalue weighted by Crippen LogP contribution is 2.34. The fourth-order valence-corrected chi connectivity index (χ4v) is 3.43. The van der Waals surface area contributed by atoms with Crippen LogP contribution in [0.25, 0.3) is 0 Å². The standard InChI is InChI=1S/C18H20BrNO/c1-21-18-12-14(10-11-16(18)19)20-17-9-5-3-7-13-6-2-4-8-15(13)17/h2,4,6,8,10-12,17,20H,3,5,7,9H2,1H3. The monoisotopic (exact) mass is 345 g/mol. The SMILES string of the molecule is COc1cc(NC2CCCCc3ccccc32)ccc1Br. The molecule has 1 aliphatic rings. The summed E-state index contributed by atoms with van der Waals surface area (Å²) in [6.07, 6.45) is 4.91. The maximum absolute atomic E-state index is 5.38. The van der Waals surface area contributed by atoms with E-state index in [-0.39, 0.29) is 0 Å². The molecular weight excluding hydrogens is 326 g/mol. The molecule has 21 heavy (non-hydrogen) atoms. The lowest BCUT2D eigenvalue weighted by Gasteiger charge is -2.21. The molecule has 0 bridgehead atoms. The number of benzene rings is 2. The summed E-state index contributed by atoms with van der Waals surface area (Å²) in [5.41, 5.74) is 4.03. The number of rotatable bonds is 3. The van der Waals surface area contributed by atoms with E-state index in [1.807, 2.05) is 6.07 Å². The van der Waals surface area contributed by atoms with Crippen molar-refractivity contribution >= 4 is 21.6 Å². The largest absolute Gasteiger partial charge is 0.495 e. The zero-order valence-corrected chi connectivity index (χ0v) is 13.8. The summed E-state index contributed by atoms with van der Waals surface area (Å²) in [6.45, 7) is 0. The highest BCUT2D eigenvalue weighted by atomic mass is 79.9. The van der Waals surface area contributed by atoms with E-state index in [1.165, 1.54) is 36.8 Å². The van der Waals surface area contributed by atoms with Gasteiger partial charge in [0.15, 0.2) is 0 Å². The Labute approximate surface area is 134 Å². The average molecular weight is 346 g/mol. The maximum atomic E-state index is 5.38. The van der Waals surface area contributed by atoms with Gasteiger partial charge in [-0.15, -0.1) is 0 Å². The Balaban J connectivity index is 1.87. The van der Waals surface area contributed by atoms with Crippen LogP contribution in [0.5, 0.6) is 5.75 Å². The van der Waals surface area contributed by atoms with E-state index in [9.17, 15) is 0 Å². The Hall–Kier alpha value is -1.48. The van der Waals surface area contributed by atoms with Crippen LogP contribution in [-0.4, -0.2) is 7.11 Å². The minimum absolute atomic E-state index is 0.384. The molecular formula is C18H20BrNO. The predicted octanol–water partition coefficient (Wildman–Crippen LogP) is 5.34. The topological polar surface area (TPSA) is 21.3 Å². The van der Waals surface area contributed by atoms with Crippen molar-refractivity contribution in [1.29, 1.82) is 0 Å². The summed E-state index contributed by atoms with van der Waals surface area (Å²) in [7, 11) is 1.70. The molecule has 1 N–H and O–H groups in total. The van der Waals surface area contributed by atoms with E-state index in [2.05, 4.69) is 57.6 Å². The fourth-order valence-electron chi connectivity index (χ4n) is 3.02. The fraction of sp³-hybridized carbons (Fsp3) is 0.333. The number of nitrogens with one attached hydrogen (secondary N) is 1. The first-order valence-corrected chi connectivity index (χ1v) is 8.25. The third kappa shape index (κ3) is 3.24. The molecule has 2 aromatic rings. The van der Waals surface area contributed by atoms with Gasteiger partial charge >= 0.3 is 0 Å². The quantitative estimate of drug-likeness (QED) is 0.758. The van der Waals surface area contributed by atoms with E-state index in [0.29, 0.717) is 6.04 Å². The van der Waals surface area contributed by atoms with Gasteiger partial charge in [-0.1, -0.05) is 30.7 Å². The Kier molecular flexibility index (Phi) is 4.49. The first kappa shape index (κ1) is 14.5. The van der Waals surface area contributed by atoms with Crippen LogP contribution < -0.4 is 10.1 Å². The highest BCUT2D eigenvalue weighted by molar-refractivity contribution is 9.10. The van der Waals surface area contributed by atoms with Gasteiger partial charge in [0.1, 0.15) is 5.75 Å². The molecule has 0 aliphatic heterocycles. The molecule has 0 amide bonds. The van der Waals surface area contributed by atoms with Crippen molar-refractivity contribution in [2.45, 2.75) is 31.7 Å². The van der Waals surface area contributed by atoms with Crippen LogP contribution in [0.15, 0.2) is 46.9 Å². The predicted molar refractivity (Wildman–Crippen MR) is 91.1 cm³/mol. The number of aryl methyl sites for hydroxylation is 1. The molecule has 0 spiro atoms.